The van der Waals surface area contributed by atoms with Crippen LogP contribution in [0.3, 0.4) is 0 Å². The van der Waals surface area contributed by atoms with Gasteiger partial charge in [-0.15, -0.1) is 0 Å². The highest BCUT2D eigenvalue weighted by Gasteiger charge is 2.22. The number of rotatable bonds is 5. The molecule has 0 spiro atoms. The first-order valence-electron chi connectivity index (χ1n) is 6.93. The molecule has 0 aliphatic carbocycles. The van der Waals surface area contributed by atoms with E-state index in [0.717, 1.165) is 0 Å². The van der Waals surface area contributed by atoms with Gasteiger partial charge in [-0.25, -0.2) is 13.1 Å². The number of sulfonamides is 1. The summed E-state index contributed by atoms with van der Waals surface area (Å²) >= 11 is 0. The molecular formula is C15H24N2O3S. The van der Waals surface area contributed by atoms with Gasteiger partial charge in [-0.3, -0.25) is 4.79 Å². The molecule has 0 heterocycles. The van der Waals surface area contributed by atoms with Gasteiger partial charge < -0.3 is 5.32 Å². The number of nitrogens with one attached hydrogen (secondary N) is 2. The van der Waals surface area contributed by atoms with Gasteiger partial charge in [0.2, 0.25) is 15.9 Å². The Morgan fingerprint density at radius 3 is 2.38 bits per heavy atom. The summed E-state index contributed by atoms with van der Waals surface area (Å²) in [5, 5.41) is 2.72. The molecular weight excluding hydrogens is 288 g/mol. The summed E-state index contributed by atoms with van der Waals surface area (Å²) < 4.78 is 27.1. The Morgan fingerprint density at radius 1 is 1.24 bits per heavy atom. The molecule has 1 amide bonds. The van der Waals surface area contributed by atoms with Gasteiger partial charge in [0.05, 0.1) is 4.90 Å². The predicted octanol–water partition coefficient (Wildman–Crippen LogP) is 2.75. The van der Waals surface area contributed by atoms with Gasteiger partial charge >= 0.3 is 0 Å². The summed E-state index contributed by atoms with van der Waals surface area (Å²) in [5.74, 6) is 0.128. The second-order valence-electron chi connectivity index (χ2n) is 6.53. The first-order chi connectivity index (χ1) is 9.49. The van der Waals surface area contributed by atoms with Gasteiger partial charge in [0.25, 0.3) is 0 Å². The lowest BCUT2D eigenvalue weighted by Crippen LogP contribution is -2.40. The van der Waals surface area contributed by atoms with Gasteiger partial charge in [-0.1, -0.05) is 19.9 Å². The Hall–Kier alpha value is -1.40. The van der Waals surface area contributed by atoms with E-state index in [-0.39, 0.29) is 16.7 Å². The summed E-state index contributed by atoms with van der Waals surface area (Å²) in [6.45, 7) is 9.23. The number of hydrogen-bond donors (Lipinski definition) is 2. The van der Waals surface area contributed by atoms with Gasteiger partial charge in [0.1, 0.15) is 0 Å². The zero-order valence-corrected chi connectivity index (χ0v) is 14.0. The average molecular weight is 312 g/mol. The van der Waals surface area contributed by atoms with Crippen molar-refractivity contribution >= 4 is 21.6 Å². The van der Waals surface area contributed by atoms with Crippen LogP contribution >= 0.6 is 0 Å². The van der Waals surface area contributed by atoms with Crippen molar-refractivity contribution in [2.75, 3.05) is 5.32 Å². The molecule has 2 N–H and O–H groups in total. The monoisotopic (exact) mass is 312 g/mol. The number of benzene rings is 1. The van der Waals surface area contributed by atoms with E-state index in [1.807, 2.05) is 13.8 Å². The van der Waals surface area contributed by atoms with E-state index in [2.05, 4.69) is 10.0 Å². The highest BCUT2D eigenvalue weighted by atomic mass is 32.2. The lowest BCUT2D eigenvalue weighted by Gasteiger charge is -2.20. The third-order valence-corrected chi connectivity index (χ3v) is 4.22. The van der Waals surface area contributed by atoms with Crippen molar-refractivity contribution in [2.45, 2.75) is 51.5 Å². The molecule has 0 saturated carbocycles. The molecule has 0 saturated heterocycles. The van der Waals surface area contributed by atoms with Crippen LogP contribution in [-0.2, 0) is 14.8 Å². The lowest BCUT2D eigenvalue weighted by molar-refractivity contribution is -0.116. The Bertz CT molecular complexity index is 602. The van der Waals surface area contributed by atoms with Gasteiger partial charge in [-0.2, -0.15) is 0 Å². The highest BCUT2D eigenvalue weighted by Crippen LogP contribution is 2.18. The summed E-state index contributed by atoms with van der Waals surface area (Å²) in [5.41, 5.74) is -0.0761. The van der Waals surface area contributed by atoms with Gasteiger partial charge in [0.15, 0.2) is 0 Å². The van der Waals surface area contributed by atoms with E-state index in [1.165, 1.54) is 12.1 Å². The van der Waals surface area contributed by atoms with Crippen molar-refractivity contribution in [3.8, 4) is 0 Å². The maximum Gasteiger partial charge on any atom is 0.241 e. The van der Waals surface area contributed by atoms with E-state index >= 15 is 0 Å². The first-order valence-corrected chi connectivity index (χ1v) is 8.42. The number of carbonyl (C=O) groups excluding carboxylic acids is 1. The minimum atomic E-state index is -3.60. The Kier molecular flexibility index (Phi) is 5.53. The van der Waals surface area contributed by atoms with Crippen molar-refractivity contribution in [3.63, 3.8) is 0 Å². The van der Waals surface area contributed by atoms with E-state index in [9.17, 15) is 13.2 Å². The Balaban J connectivity index is 2.93. The van der Waals surface area contributed by atoms with Crippen LogP contribution < -0.4 is 10.0 Å². The minimum absolute atomic E-state index is 0.122. The Morgan fingerprint density at radius 2 is 1.86 bits per heavy atom. The zero-order chi connectivity index (χ0) is 16.3. The quantitative estimate of drug-likeness (QED) is 0.878. The Labute approximate surface area is 127 Å². The fraction of sp³-hybridized carbons (Fsp3) is 0.533. The minimum Gasteiger partial charge on any atom is -0.326 e. The van der Waals surface area contributed by atoms with E-state index in [0.29, 0.717) is 12.1 Å². The molecule has 0 aliphatic rings. The topological polar surface area (TPSA) is 75.3 Å². The number of anilines is 1. The van der Waals surface area contributed by atoms with Crippen LogP contribution in [0.4, 0.5) is 5.69 Å². The summed E-state index contributed by atoms with van der Waals surface area (Å²) in [4.78, 5) is 11.9. The summed E-state index contributed by atoms with van der Waals surface area (Å²) in [6, 6.07) is 6.26. The fourth-order valence-corrected chi connectivity index (χ4v) is 3.25. The second kappa shape index (κ2) is 6.58. The van der Waals surface area contributed by atoms with Crippen molar-refractivity contribution in [1.82, 2.24) is 4.72 Å². The molecule has 5 nitrogen and oxygen atoms in total. The number of hydrogen-bond acceptors (Lipinski definition) is 3. The predicted molar refractivity (Wildman–Crippen MR) is 84.6 cm³/mol. The largest absolute Gasteiger partial charge is 0.326 e. The lowest BCUT2D eigenvalue weighted by atomic mass is 10.1. The fourth-order valence-electron chi connectivity index (χ4n) is 1.79. The molecule has 0 radical (unpaired) electrons. The van der Waals surface area contributed by atoms with Gasteiger partial charge in [-0.05, 0) is 44.9 Å². The van der Waals surface area contributed by atoms with Crippen LogP contribution in [-0.4, -0.2) is 19.9 Å². The molecule has 118 valence electrons. The van der Waals surface area contributed by atoms with E-state index in [4.69, 9.17) is 0 Å². The van der Waals surface area contributed by atoms with Crippen LogP contribution in [0.5, 0.6) is 0 Å². The van der Waals surface area contributed by atoms with Crippen LogP contribution in [0.25, 0.3) is 0 Å². The highest BCUT2D eigenvalue weighted by molar-refractivity contribution is 7.89. The van der Waals surface area contributed by atoms with Crippen molar-refractivity contribution < 1.29 is 13.2 Å². The van der Waals surface area contributed by atoms with Crippen LogP contribution in [0.15, 0.2) is 29.2 Å². The molecule has 6 heteroatoms. The molecule has 1 rings (SSSR count). The molecule has 1 aromatic rings. The molecule has 0 bridgehead atoms. The molecule has 0 aliphatic heterocycles. The molecule has 0 aromatic heterocycles. The van der Waals surface area contributed by atoms with Crippen molar-refractivity contribution in [3.05, 3.63) is 24.3 Å². The summed E-state index contributed by atoms with van der Waals surface area (Å²) in [6.07, 6.45) is 0.400. The van der Waals surface area contributed by atoms with Crippen LogP contribution in [0, 0.1) is 5.92 Å². The molecule has 0 atom stereocenters. The molecule has 0 fully saturated rings. The van der Waals surface area contributed by atoms with Crippen LogP contribution in [0.2, 0.25) is 0 Å². The standard InChI is InChI=1S/C15H24N2O3S/c1-11(2)9-14(18)16-12-7-6-8-13(10-12)21(19,20)17-15(3,4)5/h6-8,10-11,17H,9H2,1-5H3,(H,16,18). The maximum atomic E-state index is 12.2. The van der Waals surface area contributed by atoms with E-state index in [1.54, 1.807) is 32.9 Å². The van der Waals surface area contributed by atoms with Crippen LogP contribution in [0.1, 0.15) is 41.0 Å². The number of amides is 1. The van der Waals surface area contributed by atoms with Crippen molar-refractivity contribution in [1.29, 1.82) is 0 Å². The maximum absolute atomic E-state index is 12.2. The average Bonchev–Trinajstić information content (AvgIpc) is 2.24. The van der Waals surface area contributed by atoms with E-state index < -0.39 is 15.6 Å². The molecule has 0 unspecified atom stereocenters. The normalized spacial score (nSPS) is 12.5. The molecule has 21 heavy (non-hydrogen) atoms. The number of carbonyl (C=O) groups is 1. The summed E-state index contributed by atoms with van der Waals surface area (Å²) in [7, 11) is -3.60. The smallest absolute Gasteiger partial charge is 0.241 e. The third-order valence-electron chi connectivity index (χ3n) is 2.46. The first kappa shape index (κ1) is 17.7. The second-order valence-corrected chi connectivity index (χ2v) is 8.21. The van der Waals surface area contributed by atoms with Crippen molar-refractivity contribution in [2.24, 2.45) is 5.92 Å². The SMILES string of the molecule is CC(C)CC(=O)Nc1cccc(S(=O)(=O)NC(C)(C)C)c1. The third kappa shape index (κ3) is 6.27. The van der Waals surface area contributed by atoms with Gasteiger partial charge in [0, 0.05) is 17.6 Å². The zero-order valence-electron chi connectivity index (χ0n) is 13.2. The molecule has 1 aromatic carbocycles.